The highest BCUT2D eigenvalue weighted by atomic mass is 32.3. The Morgan fingerprint density at radius 1 is 1.80 bits per heavy atom. The van der Waals surface area contributed by atoms with Gasteiger partial charge in [0, 0.05) is 11.8 Å². The van der Waals surface area contributed by atoms with Crippen LogP contribution in [-0.2, 0) is 9.84 Å². The van der Waals surface area contributed by atoms with Crippen LogP contribution in [0.3, 0.4) is 0 Å². The van der Waals surface area contributed by atoms with E-state index in [9.17, 15) is 8.42 Å². The van der Waals surface area contributed by atoms with Gasteiger partial charge in [0.1, 0.15) is 0 Å². The van der Waals surface area contributed by atoms with Crippen LogP contribution in [0.2, 0.25) is 0 Å². The lowest BCUT2D eigenvalue weighted by Gasteiger charge is -1.85. The van der Waals surface area contributed by atoms with Crippen molar-refractivity contribution in [3.63, 3.8) is 0 Å². The Kier molecular flexibility index (Phi) is 2.10. The monoisotopic (exact) mass is 177 g/mol. The quantitative estimate of drug-likeness (QED) is 0.551. The van der Waals surface area contributed by atoms with Crippen molar-refractivity contribution in [1.82, 2.24) is 5.10 Å². The lowest BCUT2D eigenvalue weighted by atomic mass is 11.0. The molecule has 0 saturated heterocycles. The molecule has 0 aromatic rings. The van der Waals surface area contributed by atoms with Gasteiger partial charge in [0.25, 0.3) is 9.84 Å². The molecule has 0 bridgehead atoms. The standard InChI is InChI=1S/C4H5N2O2S2/c1-2-10(7,8)4-6-5-3-9-4/h2H2,1H3/q+1. The van der Waals surface area contributed by atoms with Crippen LogP contribution in [-0.4, -0.2) is 24.1 Å². The zero-order valence-electron chi connectivity index (χ0n) is 5.23. The third-order valence-electron chi connectivity index (χ3n) is 0.952. The Morgan fingerprint density at radius 3 is 2.90 bits per heavy atom. The highest BCUT2D eigenvalue weighted by Crippen LogP contribution is 2.09. The van der Waals surface area contributed by atoms with Gasteiger partial charge in [0.15, 0.2) is 0 Å². The topological polar surface area (TPSA) is 60.6 Å². The summed E-state index contributed by atoms with van der Waals surface area (Å²) in [4.78, 5) is 0. The molecule has 2 radical (unpaired) electrons. The van der Waals surface area contributed by atoms with E-state index in [0.717, 1.165) is 11.8 Å². The van der Waals surface area contributed by atoms with E-state index in [1.54, 1.807) is 6.92 Å². The summed E-state index contributed by atoms with van der Waals surface area (Å²) >= 11 is 0.919. The molecule has 1 heterocycles. The maximum atomic E-state index is 10.9. The van der Waals surface area contributed by atoms with Gasteiger partial charge in [-0.25, -0.2) is 8.42 Å². The van der Waals surface area contributed by atoms with Crippen LogP contribution < -0.4 is 5.10 Å². The van der Waals surface area contributed by atoms with Gasteiger partial charge in [0.2, 0.25) is 10.6 Å². The fourth-order valence-electron chi connectivity index (χ4n) is 0.390. The van der Waals surface area contributed by atoms with Crippen LogP contribution in [0, 0.1) is 0 Å². The molecule has 10 heavy (non-hydrogen) atoms. The normalized spacial score (nSPS) is 17.5. The van der Waals surface area contributed by atoms with Crippen molar-refractivity contribution in [3.05, 3.63) is 0 Å². The molecule has 0 aromatic heterocycles. The number of rotatable bonds is 1. The molecule has 0 aromatic carbocycles. The SMILES string of the molecule is CCS(=O)(=O)C1=[N+]N=[C]S1. The van der Waals surface area contributed by atoms with Gasteiger partial charge in [-0.2, -0.15) is 0 Å². The molecule has 0 saturated carbocycles. The van der Waals surface area contributed by atoms with E-state index in [4.69, 9.17) is 0 Å². The molecule has 1 aliphatic heterocycles. The van der Waals surface area contributed by atoms with Crippen molar-refractivity contribution in [1.29, 1.82) is 0 Å². The third kappa shape index (κ3) is 1.38. The second-order valence-corrected chi connectivity index (χ2v) is 4.79. The van der Waals surface area contributed by atoms with Crippen LogP contribution in [0.1, 0.15) is 6.92 Å². The van der Waals surface area contributed by atoms with E-state index in [2.05, 4.69) is 15.7 Å². The van der Waals surface area contributed by atoms with Gasteiger partial charge in [0.05, 0.1) is 10.9 Å². The molecular weight excluding hydrogens is 172 g/mol. The van der Waals surface area contributed by atoms with Crippen molar-refractivity contribution < 1.29 is 8.42 Å². The fourth-order valence-corrected chi connectivity index (χ4v) is 2.02. The van der Waals surface area contributed by atoms with Crippen molar-refractivity contribution in [2.45, 2.75) is 6.92 Å². The summed E-state index contributed by atoms with van der Waals surface area (Å²) in [6, 6.07) is 0. The molecule has 0 atom stereocenters. The molecule has 0 unspecified atom stereocenters. The molecule has 1 aliphatic rings. The number of sulfone groups is 1. The molecule has 6 heteroatoms. The summed E-state index contributed by atoms with van der Waals surface area (Å²) in [5.41, 5.74) is 2.37. The predicted molar refractivity (Wildman–Crippen MR) is 41.6 cm³/mol. The number of hydrogen-bond acceptors (Lipinski definition) is 5. The molecule has 0 aliphatic carbocycles. The van der Waals surface area contributed by atoms with E-state index in [-0.39, 0.29) is 10.1 Å². The predicted octanol–water partition coefficient (Wildman–Crippen LogP) is -0.320. The van der Waals surface area contributed by atoms with Crippen LogP contribution in [0.25, 0.3) is 0 Å². The summed E-state index contributed by atoms with van der Waals surface area (Å²) in [6.45, 7) is 1.57. The lowest BCUT2D eigenvalue weighted by Crippen LogP contribution is -2.14. The van der Waals surface area contributed by atoms with Crippen LogP contribution in [0.4, 0.5) is 0 Å². The van der Waals surface area contributed by atoms with E-state index < -0.39 is 9.84 Å². The molecule has 0 N–H and O–H groups in total. The van der Waals surface area contributed by atoms with Crippen molar-refractivity contribution in [3.8, 4) is 0 Å². The Balaban J connectivity index is 2.87. The van der Waals surface area contributed by atoms with Crippen LogP contribution in [0.15, 0.2) is 5.10 Å². The Morgan fingerprint density at radius 2 is 2.50 bits per heavy atom. The molecule has 4 nitrogen and oxygen atoms in total. The van der Waals surface area contributed by atoms with Crippen molar-refractivity contribution >= 4 is 31.5 Å². The van der Waals surface area contributed by atoms with Crippen LogP contribution in [0.5, 0.6) is 0 Å². The first-order valence-electron chi connectivity index (χ1n) is 2.59. The zero-order chi connectivity index (χ0) is 7.61. The summed E-state index contributed by atoms with van der Waals surface area (Å²) in [6.07, 6.45) is 0. The summed E-state index contributed by atoms with van der Waals surface area (Å²) in [7, 11) is -3.14. The van der Waals surface area contributed by atoms with E-state index in [0.29, 0.717) is 0 Å². The van der Waals surface area contributed by atoms with E-state index in [1.165, 1.54) is 0 Å². The third-order valence-corrected chi connectivity index (χ3v) is 3.77. The summed E-state index contributed by atoms with van der Waals surface area (Å²) in [5, 5.41) is 6.68. The van der Waals surface area contributed by atoms with Gasteiger partial charge in [-0.1, -0.05) is 6.92 Å². The molecule has 0 amide bonds. The lowest BCUT2D eigenvalue weighted by molar-refractivity contribution is 0.608. The highest BCUT2D eigenvalue weighted by molar-refractivity contribution is 8.41. The maximum absolute atomic E-state index is 10.9. The number of nitrogens with zero attached hydrogens (tertiary/aromatic N) is 2. The van der Waals surface area contributed by atoms with E-state index >= 15 is 0 Å². The van der Waals surface area contributed by atoms with Gasteiger partial charge in [-0.3, -0.25) is 0 Å². The number of thioether (sulfide) groups is 1. The fraction of sp³-hybridized carbons (Fsp3) is 0.500. The minimum absolute atomic E-state index is 0.0509. The van der Waals surface area contributed by atoms with E-state index in [1.807, 2.05) is 0 Å². The van der Waals surface area contributed by atoms with Gasteiger partial charge >= 0.3 is 4.38 Å². The first-order valence-corrected chi connectivity index (χ1v) is 5.06. The Labute approximate surface area is 63.3 Å². The second kappa shape index (κ2) is 2.71. The highest BCUT2D eigenvalue weighted by Gasteiger charge is 2.32. The first kappa shape index (κ1) is 7.74. The van der Waals surface area contributed by atoms with Gasteiger partial charge in [-0.15, -0.1) is 0 Å². The molecule has 0 spiro atoms. The summed E-state index contributed by atoms with van der Waals surface area (Å²) < 4.78 is 22.0. The minimum Gasteiger partial charge on any atom is -0.217 e. The van der Waals surface area contributed by atoms with Crippen LogP contribution >= 0.6 is 11.8 Å². The average molecular weight is 177 g/mol. The second-order valence-electron chi connectivity index (χ2n) is 1.56. The largest absolute Gasteiger partial charge is 0.443 e. The molecule has 54 valence electrons. The number of hydrogen-bond donors (Lipinski definition) is 0. The summed E-state index contributed by atoms with van der Waals surface area (Å²) in [5.74, 6) is 0.0655. The van der Waals surface area contributed by atoms with Crippen molar-refractivity contribution in [2.24, 2.45) is 5.10 Å². The Bertz CT molecular complexity index is 278. The maximum Gasteiger partial charge on any atom is 0.443 e. The molecule has 1 rings (SSSR count). The first-order chi connectivity index (χ1) is 4.67. The van der Waals surface area contributed by atoms with Crippen molar-refractivity contribution in [2.75, 3.05) is 5.75 Å². The van der Waals surface area contributed by atoms with Gasteiger partial charge < -0.3 is 0 Å². The Hall–Kier alpha value is -0.360. The zero-order valence-corrected chi connectivity index (χ0v) is 6.87. The average Bonchev–Trinajstić information content (AvgIpc) is 2.38. The molecule has 0 fully saturated rings. The van der Waals surface area contributed by atoms with Gasteiger partial charge in [-0.05, 0) is 0 Å². The molecular formula is C4H5N2O2S2+. The smallest absolute Gasteiger partial charge is 0.217 e. The minimum atomic E-state index is -3.14.